The van der Waals surface area contributed by atoms with Crippen molar-refractivity contribution in [3.63, 3.8) is 0 Å². The average Bonchev–Trinajstić information content (AvgIpc) is 2.48. The van der Waals surface area contributed by atoms with E-state index in [1.165, 1.54) is 11.6 Å². The summed E-state index contributed by atoms with van der Waals surface area (Å²) in [6, 6.07) is 15.1. The van der Waals surface area contributed by atoms with Gasteiger partial charge in [0.25, 0.3) is 5.69 Å². The number of nitro groups is 1. The van der Waals surface area contributed by atoms with Crippen LogP contribution in [0.2, 0.25) is 0 Å². The fourth-order valence-corrected chi connectivity index (χ4v) is 2.21. The minimum atomic E-state index is -0.366. The Labute approximate surface area is 118 Å². The zero-order valence-corrected chi connectivity index (χ0v) is 11.7. The molecule has 0 spiro atoms. The van der Waals surface area contributed by atoms with E-state index in [9.17, 15) is 10.1 Å². The summed E-state index contributed by atoms with van der Waals surface area (Å²) in [6.07, 6.45) is 0. The Morgan fingerprint density at radius 2 is 1.80 bits per heavy atom. The normalized spacial score (nSPS) is 12.1. The van der Waals surface area contributed by atoms with Gasteiger partial charge in [-0.05, 0) is 36.2 Å². The van der Waals surface area contributed by atoms with Crippen LogP contribution < -0.4 is 5.32 Å². The van der Waals surface area contributed by atoms with E-state index in [1.54, 1.807) is 12.1 Å². The summed E-state index contributed by atoms with van der Waals surface area (Å²) in [7, 11) is 0. The van der Waals surface area contributed by atoms with Crippen molar-refractivity contribution in [1.29, 1.82) is 0 Å². The van der Waals surface area contributed by atoms with Gasteiger partial charge in [-0.15, -0.1) is 0 Å². The van der Waals surface area contributed by atoms with E-state index in [0.29, 0.717) is 0 Å². The number of nitro benzene ring substituents is 1. The van der Waals surface area contributed by atoms with Gasteiger partial charge in [-0.25, -0.2) is 0 Å². The zero-order chi connectivity index (χ0) is 14.5. The molecule has 0 aliphatic heterocycles. The SMILES string of the molecule is CCNC(C)c1cccc(-c2cccc([N+](=O)[O-])c2)c1. The molecule has 0 aliphatic rings. The highest BCUT2D eigenvalue weighted by Crippen LogP contribution is 2.26. The molecule has 1 unspecified atom stereocenters. The summed E-state index contributed by atoms with van der Waals surface area (Å²) >= 11 is 0. The van der Waals surface area contributed by atoms with E-state index in [2.05, 4.69) is 31.3 Å². The van der Waals surface area contributed by atoms with Crippen molar-refractivity contribution in [3.05, 3.63) is 64.2 Å². The number of hydrogen-bond acceptors (Lipinski definition) is 3. The second-order valence-corrected chi connectivity index (χ2v) is 4.71. The third-order valence-corrected chi connectivity index (χ3v) is 3.29. The molecule has 104 valence electrons. The van der Waals surface area contributed by atoms with Crippen LogP contribution in [0, 0.1) is 10.1 Å². The van der Waals surface area contributed by atoms with Crippen LogP contribution in [0.4, 0.5) is 5.69 Å². The summed E-state index contributed by atoms with van der Waals surface area (Å²) in [5.41, 5.74) is 3.16. The molecule has 0 radical (unpaired) electrons. The van der Waals surface area contributed by atoms with Gasteiger partial charge in [0.2, 0.25) is 0 Å². The van der Waals surface area contributed by atoms with Crippen LogP contribution in [0.25, 0.3) is 11.1 Å². The van der Waals surface area contributed by atoms with Gasteiger partial charge in [0.1, 0.15) is 0 Å². The molecule has 0 fully saturated rings. The quantitative estimate of drug-likeness (QED) is 0.661. The lowest BCUT2D eigenvalue weighted by atomic mass is 10.00. The summed E-state index contributed by atoms with van der Waals surface area (Å²) in [4.78, 5) is 10.5. The van der Waals surface area contributed by atoms with Crippen molar-refractivity contribution in [3.8, 4) is 11.1 Å². The first-order valence-corrected chi connectivity index (χ1v) is 6.70. The predicted molar refractivity (Wildman–Crippen MR) is 80.6 cm³/mol. The molecular formula is C16H18N2O2. The monoisotopic (exact) mass is 270 g/mol. The van der Waals surface area contributed by atoms with E-state index in [-0.39, 0.29) is 16.7 Å². The minimum absolute atomic E-state index is 0.118. The number of nitrogens with one attached hydrogen (secondary N) is 1. The van der Waals surface area contributed by atoms with E-state index >= 15 is 0 Å². The standard InChI is InChI=1S/C16H18N2O2/c1-3-17-12(2)13-6-4-7-14(10-13)15-8-5-9-16(11-15)18(19)20/h4-12,17H,3H2,1-2H3. The summed E-state index contributed by atoms with van der Waals surface area (Å²) < 4.78 is 0. The molecule has 2 rings (SSSR count). The topological polar surface area (TPSA) is 55.2 Å². The van der Waals surface area contributed by atoms with Crippen molar-refractivity contribution in [2.75, 3.05) is 6.54 Å². The maximum atomic E-state index is 10.8. The Kier molecular flexibility index (Phi) is 4.48. The molecular weight excluding hydrogens is 252 g/mol. The molecule has 20 heavy (non-hydrogen) atoms. The highest BCUT2D eigenvalue weighted by molar-refractivity contribution is 5.66. The summed E-state index contributed by atoms with van der Waals surface area (Å²) in [5, 5.41) is 14.2. The first-order valence-electron chi connectivity index (χ1n) is 6.70. The maximum Gasteiger partial charge on any atom is 0.270 e. The lowest BCUT2D eigenvalue weighted by Gasteiger charge is -2.14. The van der Waals surface area contributed by atoms with Crippen molar-refractivity contribution in [2.24, 2.45) is 0 Å². The maximum absolute atomic E-state index is 10.8. The van der Waals surface area contributed by atoms with E-state index < -0.39 is 0 Å². The first kappa shape index (κ1) is 14.2. The van der Waals surface area contributed by atoms with E-state index in [0.717, 1.165) is 17.7 Å². The average molecular weight is 270 g/mol. The zero-order valence-electron chi connectivity index (χ0n) is 11.7. The van der Waals surface area contributed by atoms with Crippen LogP contribution in [0.1, 0.15) is 25.5 Å². The largest absolute Gasteiger partial charge is 0.310 e. The first-order chi connectivity index (χ1) is 9.61. The molecule has 4 nitrogen and oxygen atoms in total. The van der Waals surface area contributed by atoms with Gasteiger partial charge in [0.15, 0.2) is 0 Å². The van der Waals surface area contributed by atoms with Crippen molar-refractivity contribution in [1.82, 2.24) is 5.32 Å². The summed E-state index contributed by atoms with van der Waals surface area (Å²) in [5.74, 6) is 0. The molecule has 0 bridgehead atoms. The van der Waals surface area contributed by atoms with Gasteiger partial charge >= 0.3 is 0 Å². The van der Waals surface area contributed by atoms with E-state index in [4.69, 9.17) is 0 Å². The molecule has 0 amide bonds. The van der Waals surface area contributed by atoms with Crippen molar-refractivity contribution in [2.45, 2.75) is 19.9 Å². The second-order valence-electron chi connectivity index (χ2n) is 4.71. The minimum Gasteiger partial charge on any atom is -0.310 e. The fourth-order valence-electron chi connectivity index (χ4n) is 2.21. The van der Waals surface area contributed by atoms with Crippen LogP contribution in [-0.2, 0) is 0 Å². The molecule has 0 saturated carbocycles. The summed E-state index contributed by atoms with van der Waals surface area (Å²) in [6.45, 7) is 5.08. The van der Waals surface area contributed by atoms with Gasteiger partial charge < -0.3 is 5.32 Å². The van der Waals surface area contributed by atoms with Gasteiger partial charge in [0.05, 0.1) is 4.92 Å². The smallest absolute Gasteiger partial charge is 0.270 e. The lowest BCUT2D eigenvalue weighted by Crippen LogP contribution is -2.17. The molecule has 1 N–H and O–H groups in total. The third-order valence-electron chi connectivity index (χ3n) is 3.29. The molecule has 0 saturated heterocycles. The van der Waals surface area contributed by atoms with Gasteiger partial charge in [0, 0.05) is 18.2 Å². The van der Waals surface area contributed by atoms with Crippen LogP contribution in [0.3, 0.4) is 0 Å². The Morgan fingerprint density at radius 3 is 2.45 bits per heavy atom. The predicted octanol–water partition coefficient (Wildman–Crippen LogP) is 3.93. The van der Waals surface area contributed by atoms with Crippen LogP contribution in [-0.4, -0.2) is 11.5 Å². The number of benzene rings is 2. The number of non-ortho nitro benzene ring substituents is 1. The van der Waals surface area contributed by atoms with Crippen LogP contribution in [0.5, 0.6) is 0 Å². The molecule has 0 aliphatic carbocycles. The number of nitrogens with zero attached hydrogens (tertiary/aromatic N) is 1. The molecule has 0 aromatic heterocycles. The number of hydrogen-bond donors (Lipinski definition) is 1. The third kappa shape index (κ3) is 3.22. The highest BCUT2D eigenvalue weighted by Gasteiger charge is 2.09. The molecule has 4 heteroatoms. The Balaban J connectivity index is 2.35. The molecule has 1 atom stereocenters. The van der Waals surface area contributed by atoms with Crippen LogP contribution >= 0.6 is 0 Å². The lowest BCUT2D eigenvalue weighted by molar-refractivity contribution is -0.384. The molecule has 0 heterocycles. The van der Waals surface area contributed by atoms with Crippen LogP contribution in [0.15, 0.2) is 48.5 Å². The Bertz CT molecular complexity index is 611. The second kappa shape index (κ2) is 6.30. The van der Waals surface area contributed by atoms with E-state index in [1.807, 2.05) is 18.2 Å². The van der Waals surface area contributed by atoms with Crippen molar-refractivity contribution < 1.29 is 4.92 Å². The van der Waals surface area contributed by atoms with Crippen molar-refractivity contribution >= 4 is 5.69 Å². The Hall–Kier alpha value is -2.20. The number of rotatable bonds is 5. The molecule has 2 aromatic rings. The molecule has 2 aromatic carbocycles. The fraction of sp³-hybridized carbons (Fsp3) is 0.250. The van der Waals surface area contributed by atoms with Gasteiger partial charge in [-0.2, -0.15) is 0 Å². The van der Waals surface area contributed by atoms with Gasteiger partial charge in [-0.1, -0.05) is 37.3 Å². The van der Waals surface area contributed by atoms with Gasteiger partial charge in [-0.3, -0.25) is 10.1 Å². The highest BCUT2D eigenvalue weighted by atomic mass is 16.6. The Morgan fingerprint density at radius 1 is 1.15 bits per heavy atom.